The lowest BCUT2D eigenvalue weighted by atomic mass is 10.1. The minimum absolute atomic E-state index is 0.109. The molecule has 0 unspecified atom stereocenters. The summed E-state index contributed by atoms with van der Waals surface area (Å²) in [5.41, 5.74) is 2.36. The topological polar surface area (TPSA) is 29.1 Å². The summed E-state index contributed by atoms with van der Waals surface area (Å²) in [4.78, 5) is 13.3. The van der Waals surface area contributed by atoms with Crippen LogP contribution in [-0.4, -0.2) is 12.2 Å². The molecule has 1 amide bonds. The van der Waals surface area contributed by atoms with Crippen molar-refractivity contribution >= 4 is 35.0 Å². The number of rotatable bonds is 4. The molecule has 0 radical (unpaired) electrons. The summed E-state index contributed by atoms with van der Waals surface area (Å²) in [7, 11) is 0. The average Bonchev–Trinajstić information content (AvgIpc) is 2.47. The van der Waals surface area contributed by atoms with Crippen LogP contribution >= 0.6 is 23.4 Å². The highest BCUT2D eigenvalue weighted by Crippen LogP contribution is 2.22. The molecule has 0 aliphatic rings. The lowest BCUT2D eigenvalue weighted by molar-refractivity contribution is 0.102. The van der Waals surface area contributed by atoms with E-state index in [9.17, 15) is 4.79 Å². The van der Waals surface area contributed by atoms with E-state index < -0.39 is 0 Å². The molecule has 0 aliphatic carbocycles. The summed E-state index contributed by atoms with van der Waals surface area (Å²) in [6, 6.07) is 15.1. The first-order chi connectivity index (χ1) is 9.26. The Hall–Kier alpha value is -1.45. The fourth-order valence-corrected chi connectivity index (χ4v) is 2.61. The first-order valence-corrected chi connectivity index (χ1v) is 7.60. The summed E-state index contributed by atoms with van der Waals surface area (Å²) in [5.74, 6) is 0.267. The largest absolute Gasteiger partial charge is 0.322 e. The number of nitrogens with one attached hydrogen (secondary N) is 1. The highest BCUT2D eigenvalue weighted by atomic mass is 35.5. The van der Waals surface area contributed by atoms with Crippen molar-refractivity contribution in [1.82, 2.24) is 0 Å². The molecule has 2 nitrogen and oxygen atoms in total. The minimum Gasteiger partial charge on any atom is -0.322 e. The lowest BCUT2D eigenvalue weighted by Gasteiger charge is -2.11. The Balaban J connectivity index is 2.26. The van der Waals surface area contributed by atoms with Crippen LogP contribution in [0.2, 0.25) is 0 Å². The number of para-hydroxylation sites is 1. The monoisotopic (exact) mass is 291 g/mol. The maximum absolute atomic E-state index is 12.3. The molecule has 19 heavy (non-hydrogen) atoms. The Morgan fingerprint density at radius 1 is 1.16 bits per heavy atom. The number of hydrogen-bond donors (Lipinski definition) is 1. The molecule has 0 heterocycles. The highest BCUT2D eigenvalue weighted by Gasteiger charge is 2.11. The van der Waals surface area contributed by atoms with Crippen LogP contribution in [-0.2, 0) is 5.88 Å². The van der Waals surface area contributed by atoms with E-state index >= 15 is 0 Å². The molecule has 0 bridgehead atoms. The number of thioether (sulfide) groups is 1. The van der Waals surface area contributed by atoms with E-state index in [0.29, 0.717) is 11.4 Å². The molecule has 0 spiro atoms. The molecule has 2 rings (SSSR count). The van der Waals surface area contributed by atoms with E-state index in [-0.39, 0.29) is 5.91 Å². The maximum Gasteiger partial charge on any atom is 0.256 e. The Morgan fingerprint density at radius 3 is 2.58 bits per heavy atom. The van der Waals surface area contributed by atoms with E-state index in [1.807, 2.05) is 54.8 Å². The summed E-state index contributed by atoms with van der Waals surface area (Å²) < 4.78 is 0. The van der Waals surface area contributed by atoms with Gasteiger partial charge in [0.25, 0.3) is 5.91 Å². The van der Waals surface area contributed by atoms with Gasteiger partial charge in [-0.05, 0) is 30.0 Å². The number of amides is 1. The van der Waals surface area contributed by atoms with Gasteiger partial charge in [0, 0.05) is 16.5 Å². The zero-order valence-corrected chi connectivity index (χ0v) is 12.1. The van der Waals surface area contributed by atoms with Crippen LogP contribution in [0, 0.1) is 0 Å². The highest BCUT2D eigenvalue weighted by molar-refractivity contribution is 7.98. The van der Waals surface area contributed by atoms with Gasteiger partial charge in [-0.25, -0.2) is 0 Å². The van der Waals surface area contributed by atoms with Crippen molar-refractivity contribution in [2.45, 2.75) is 10.8 Å². The van der Waals surface area contributed by atoms with Gasteiger partial charge in [0.2, 0.25) is 0 Å². The summed E-state index contributed by atoms with van der Waals surface area (Å²) in [5, 5.41) is 2.92. The molecule has 1 N–H and O–H groups in total. The van der Waals surface area contributed by atoms with Crippen molar-refractivity contribution in [3.8, 4) is 0 Å². The average molecular weight is 292 g/mol. The summed E-state index contributed by atoms with van der Waals surface area (Å²) >= 11 is 7.42. The third kappa shape index (κ3) is 3.31. The number of halogens is 1. The molecule has 0 saturated heterocycles. The molecule has 2 aromatic carbocycles. The summed E-state index contributed by atoms with van der Waals surface area (Å²) in [6.07, 6.45) is 1.96. The van der Waals surface area contributed by atoms with Gasteiger partial charge in [0.1, 0.15) is 0 Å². The molecule has 4 heteroatoms. The van der Waals surface area contributed by atoms with Crippen LogP contribution in [0.1, 0.15) is 15.9 Å². The number of alkyl halides is 1. The zero-order valence-electron chi connectivity index (χ0n) is 10.5. The second-order valence-corrected chi connectivity index (χ2v) is 5.06. The van der Waals surface area contributed by atoms with Gasteiger partial charge in [-0.15, -0.1) is 23.4 Å². The standard InChI is InChI=1S/C15H14ClNOS/c1-19-14-9-5-3-7-12(14)15(18)17-13-8-4-2-6-11(13)10-16/h2-9H,10H2,1H3,(H,17,18). The van der Waals surface area contributed by atoms with Gasteiger partial charge >= 0.3 is 0 Å². The van der Waals surface area contributed by atoms with Crippen LogP contribution < -0.4 is 5.32 Å². The smallest absolute Gasteiger partial charge is 0.256 e. The van der Waals surface area contributed by atoms with Crippen LogP contribution in [0.15, 0.2) is 53.4 Å². The molecular weight excluding hydrogens is 278 g/mol. The number of anilines is 1. The van der Waals surface area contributed by atoms with Gasteiger partial charge in [-0.3, -0.25) is 4.79 Å². The Morgan fingerprint density at radius 2 is 1.84 bits per heavy atom. The van der Waals surface area contributed by atoms with E-state index in [1.54, 1.807) is 11.8 Å². The normalized spacial score (nSPS) is 10.2. The second-order valence-electron chi connectivity index (χ2n) is 3.95. The minimum atomic E-state index is -0.109. The first kappa shape index (κ1) is 14.0. The molecule has 0 aliphatic heterocycles. The molecule has 0 fully saturated rings. The molecule has 0 saturated carbocycles. The zero-order chi connectivity index (χ0) is 13.7. The SMILES string of the molecule is CSc1ccccc1C(=O)Nc1ccccc1CCl. The lowest BCUT2D eigenvalue weighted by Crippen LogP contribution is -2.14. The van der Waals surface area contributed by atoms with Crippen molar-refractivity contribution < 1.29 is 4.79 Å². The van der Waals surface area contributed by atoms with Crippen molar-refractivity contribution in [2.75, 3.05) is 11.6 Å². The van der Waals surface area contributed by atoms with Gasteiger partial charge in [-0.2, -0.15) is 0 Å². The summed E-state index contributed by atoms with van der Waals surface area (Å²) in [6.45, 7) is 0. The van der Waals surface area contributed by atoms with Gasteiger partial charge < -0.3 is 5.32 Å². The third-order valence-electron chi connectivity index (χ3n) is 2.76. The predicted octanol–water partition coefficient (Wildman–Crippen LogP) is 4.40. The van der Waals surface area contributed by atoms with Crippen molar-refractivity contribution in [3.63, 3.8) is 0 Å². The Labute approximate surface area is 122 Å². The van der Waals surface area contributed by atoms with E-state index in [4.69, 9.17) is 11.6 Å². The number of carbonyl (C=O) groups excluding carboxylic acids is 1. The van der Waals surface area contributed by atoms with E-state index in [2.05, 4.69) is 5.32 Å². The fourth-order valence-electron chi connectivity index (χ4n) is 1.78. The van der Waals surface area contributed by atoms with E-state index in [1.165, 1.54) is 0 Å². The maximum atomic E-state index is 12.3. The molecule has 2 aromatic rings. The van der Waals surface area contributed by atoms with Crippen LogP contribution in [0.5, 0.6) is 0 Å². The third-order valence-corrected chi connectivity index (χ3v) is 3.84. The Kier molecular flexibility index (Phi) is 4.88. The number of benzene rings is 2. The van der Waals surface area contributed by atoms with Crippen molar-refractivity contribution in [1.29, 1.82) is 0 Å². The predicted molar refractivity (Wildman–Crippen MR) is 82.2 cm³/mol. The van der Waals surface area contributed by atoms with Crippen molar-refractivity contribution in [3.05, 3.63) is 59.7 Å². The van der Waals surface area contributed by atoms with Gasteiger partial charge in [0.05, 0.1) is 5.56 Å². The number of carbonyl (C=O) groups is 1. The van der Waals surface area contributed by atoms with Crippen LogP contribution in [0.3, 0.4) is 0 Å². The van der Waals surface area contributed by atoms with Crippen LogP contribution in [0.4, 0.5) is 5.69 Å². The molecule has 0 aromatic heterocycles. The van der Waals surface area contributed by atoms with E-state index in [0.717, 1.165) is 16.1 Å². The molecular formula is C15H14ClNOS. The second kappa shape index (κ2) is 6.64. The molecule has 98 valence electrons. The molecule has 0 atom stereocenters. The quantitative estimate of drug-likeness (QED) is 0.668. The first-order valence-electron chi connectivity index (χ1n) is 5.84. The number of hydrogen-bond acceptors (Lipinski definition) is 2. The van der Waals surface area contributed by atoms with Gasteiger partial charge in [-0.1, -0.05) is 30.3 Å². The van der Waals surface area contributed by atoms with Crippen molar-refractivity contribution in [2.24, 2.45) is 0 Å². The Bertz CT molecular complexity index is 586. The fraction of sp³-hybridized carbons (Fsp3) is 0.133. The van der Waals surface area contributed by atoms with Gasteiger partial charge in [0.15, 0.2) is 0 Å². The van der Waals surface area contributed by atoms with Crippen LogP contribution in [0.25, 0.3) is 0 Å².